The number of rotatable bonds is 6. The number of likely N-dealkylation sites (N-methyl/N-ethyl adjacent to an activating group) is 1. The van der Waals surface area contributed by atoms with E-state index in [0.717, 1.165) is 5.56 Å². The fraction of sp³-hybridized carbons (Fsp3) is 0.500. The summed E-state index contributed by atoms with van der Waals surface area (Å²) in [6, 6.07) is 5.48. The normalized spacial score (nSPS) is 11.3. The second kappa shape index (κ2) is 6.06. The summed E-state index contributed by atoms with van der Waals surface area (Å²) in [5, 5.41) is 2.95. The van der Waals surface area contributed by atoms with Crippen molar-refractivity contribution in [3.05, 3.63) is 23.8 Å². The zero-order valence-electron chi connectivity index (χ0n) is 11.2. The van der Waals surface area contributed by atoms with E-state index in [2.05, 4.69) is 5.32 Å². The zero-order valence-corrected chi connectivity index (χ0v) is 12.0. The molecule has 102 valence electrons. The molecule has 1 N–H and O–H groups in total. The zero-order chi connectivity index (χ0) is 13.8. The van der Waals surface area contributed by atoms with Crippen molar-refractivity contribution < 1.29 is 13.2 Å². The van der Waals surface area contributed by atoms with E-state index in [1.165, 1.54) is 17.7 Å². The number of methoxy groups -OCH3 is 1. The minimum Gasteiger partial charge on any atom is -0.495 e. The monoisotopic (exact) mass is 272 g/mol. The third-order valence-electron chi connectivity index (χ3n) is 2.57. The van der Waals surface area contributed by atoms with Crippen LogP contribution in [0.5, 0.6) is 5.75 Å². The van der Waals surface area contributed by atoms with E-state index in [-0.39, 0.29) is 0 Å². The maximum atomic E-state index is 11.9. The van der Waals surface area contributed by atoms with Gasteiger partial charge in [-0.3, -0.25) is 4.31 Å². The molecular formula is C12H20N2O3S. The lowest BCUT2D eigenvalue weighted by molar-refractivity contribution is 0.415. The van der Waals surface area contributed by atoms with Gasteiger partial charge in [0.15, 0.2) is 0 Å². The van der Waals surface area contributed by atoms with Crippen molar-refractivity contribution in [3.8, 4) is 5.75 Å². The minimum atomic E-state index is -3.33. The van der Waals surface area contributed by atoms with Crippen LogP contribution < -0.4 is 14.4 Å². The Hall–Kier alpha value is -1.27. The van der Waals surface area contributed by atoms with E-state index >= 15 is 0 Å². The molecule has 1 rings (SSSR count). The van der Waals surface area contributed by atoms with Gasteiger partial charge in [0.25, 0.3) is 0 Å². The van der Waals surface area contributed by atoms with Gasteiger partial charge >= 0.3 is 0 Å². The number of anilines is 1. The van der Waals surface area contributed by atoms with Crippen molar-refractivity contribution in [2.45, 2.75) is 6.92 Å². The molecule has 1 aromatic rings. The molecule has 1 aromatic carbocycles. The number of nitrogens with zero attached hydrogens (tertiary/aromatic N) is 1. The fourth-order valence-electron chi connectivity index (χ4n) is 1.67. The molecule has 5 nitrogen and oxygen atoms in total. The quantitative estimate of drug-likeness (QED) is 0.839. The van der Waals surface area contributed by atoms with Gasteiger partial charge in [0.2, 0.25) is 10.0 Å². The molecule has 0 aliphatic heterocycles. The first-order valence-electron chi connectivity index (χ1n) is 5.67. The first kappa shape index (κ1) is 14.8. The van der Waals surface area contributed by atoms with Gasteiger partial charge in [0.05, 0.1) is 19.1 Å². The Morgan fingerprint density at radius 1 is 1.39 bits per heavy atom. The summed E-state index contributed by atoms with van der Waals surface area (Å²) in [6.07, 6.45) is 1.20. The van der Waals surface area contributed by atoms with Crippen LogP contribution in [0, 0.1) is 6.92 Å². The summed E-state index contributed by atoms with van der Waals surface area (Å²) in [4.78, 5) is 0. The SMILES string of the molecule is CNCCN(c1cc(C)ccc1OC)S(C)(=O)=O. The highest BCUT2D eigenvalue weighted by atomic mass is 32.2. The lowest BCUT2D eigenvalue weighted by atomic mass is 10.2. The molecule has 0 aromatic heterocycles. The molecule has 0 aliphatic carbocycles. The Labute approximate surface area is 109 Å². The summed E-state index contributed by atoms with van der Waals surface area (Å²) >= 11 is 0. The second-order valence-corrected chi connectivity index (χ2v) is 6.02. The number of benzene rings is 1. The Balaban J connectivity index is 3.23. The first-order valence-corrected chi connectivity index (χ1v) is 7.52. The summed E-state index contributed by atoms with van der Waals surface area (Å²) < 4.78 is 30.3. The lowest BCUT2D eigenvalue weighted by Gasteiger charge is -2.24. The standard InChI is InChI=1S/C12H20N2O3S/c1-10-5-6-12(17-3)11(9-10)14(8-7-13-2)18(4,15)16/h5-6,9,13H,7-8H2,1-4H3. The number of aryl methyl sites for hydroxylation is 1. The topological polar surface area (TPSA) is 58.6 Å². The summed E-state index contributed by atoms with van der Waals surface area (Å²) in [6.45, 7) is 2.86. The molecular weight excluding hydrogens is 252 g/mol. The van der Waals surface area contributed by atoms with Crippen LogP contribution in [0.2, 0.25) is 0 Å². The average molecular weight is 272 g/mol. The Bertz CT molecular complexity index is 500. The summed E-state index contributed by atoms with van der Waals surface area (Å²) in [5.74, 6) is 0.558. The predicted octanol–water partition coefficient (Wildman–Crippen LogP) is 0.989. The summed E-state index contributed by atoms with van der Waals surface area (Å²) in [5.41, 5.74) is 1.57. The molecule has 6 heteroatoms. The smallest absolute Gasteiger partial charge is 0.232 e. The van der Waals surface area contributed by atoms with Gasteiger partial charge in [-0.05, 0) is 31.7 Å². The molecule has 0 saturated heterocycles. The van der Waals surface area contributed by atoms with Gasteiger partial charge in [0, 0.05) is 13.1 Å². The van der Waals surface area contributed by atoms with Crippen molar-refractivity contribution in [1.29, 1.82) is 0 Å². The first-order chi connectivity index (χ1) is 8.40. The van der Waals surface area contributed by atoms with E-state index in [0.29, 0.717) is 24.5 Å². The molecule has 0 saturated carbocycles. The molecule has 0 atom stereocenters. The van der Waals surface area contributed by atoms with Crippen LogP contribution in [0.25, 0.3) is 0 Å². The highest BCUT2D eigenvalue weighted by Crippen LogP contribution is 2.30. The number of sulfonamides is 1. The van der Waals surface area contributed by atoms with E-state index in [1.54, 1.807) is 13.1 Å². The van der Waals surface area contributed by atoms with Crippen molar-refractivity contribution >= 4 is 15.7 Å². The van der Waals surface area contributed by atoms with Crippen LogP contribution in [0.3, 0.4) is 0 Å². The van der Waals surface area contributed by atoms with Crippen LogP contribution >= 0.6 is 0 Å². The van der Waals surface area contributed by atoms with Crippen molar-refractivity contribution in [2.24, 2.45) is 0 Å². The number of ether oxygens (including phenoxy) is 1. The predicted molar refractivity (Wildman–Crippen MR) is 73.8 cm³/mol. The molecule has 0 fully saturated rings. The number of hydrogen-bond donors (Lipinski definition) is 1. The summed E-state index contributed by atoms with van der Waals surface area (Å²) in [7, 11) is -0.00616. The lowest BCUT2D eigenvalue weighted by Crippen LogP contribution is -2.35. The van der Waals surface area contributed by atoms with Crippen LogP contribution in [0.1, 0.15) is 5.56 Å². The highest BCUT2D eigenvalue weighted by Gasteiger charge is 2.20. The van der Waals surface area contributed by atoms with Gasteiger partial charge in [-0.2, -0.15) is 0 Å². The van der Waals surface area contributed by atoms with Crippen LogP contribution in [0.15, 0.2) is 18.2 Å². The third-order valence-corrected chi connectivity index (χ3v) is 3.75. The van der Waals surface area contributed by atoms with Gasteiger partial charge in [0.1, 0.15) is 5.75 Å². The van der Waals surface area contributed by atoms with Gasteiger partial charge in [-0.25, -0.2) is 8.42 Å². The molecule has 0 unspecified atom stereocenters. The van der Waals surface area contributed by atoms with Gasteiger partial charge in [-0.15, -0.1) is 0 Å². The maximum Gasteiger partial charge on any atom is 0.232 e. The maximum absolute atomic E-state index is 11.9. The second-order valence-electron chi connectivity index (χ2n) is 4.11. The Morgan fingerprint density at radius 2 is 2.06 bits per heavy atom. The average Bonchev–Trinajstić information content (AvgIpc) is 2.28. The fourth-order valence-corrected chi connectivity index (χ4v) is 2.60. The molecule has 0 radical (unpaired) electrons. The number of hydrogen-bond acceptors (Lipinski definition) is 4. The van der Waals surface area contributed by atoms with Crippen LogP contribution in [-0.2, 0) is 10.0 Å². The van der Waals surface area contributed by atoms with E-state index in [1.807, 2.05) is 19.1 Å². The molecule has 0 heterocycles. The van der Waals surface area contributed by atoms with E-state index in [4.69, 9.17) is 4.74 Å². The molecule has 0 aliphatic rings. The molecule has 0 bridgehead atoms. The Morgan fingerprint density at radius 3 is 2.56 bits per heavy atom. The van der Waals surface area contributed by atoms with Gasteiger partial charge < -0.3 is 10.1 Å². The van der Waals surface area contributed by atoms with Crippen molar-refractivity contribution in [1.82, 2.24) is 5.32 Å². The molecule has 0 spiro atoms. The van der Waals surface area contributed by atoms with E-state index < -0.39 is 10.0 Å². The molecule has 18 heavy (non-hydrogen) atoms. The highest BCUT2D eigenvalue weighted by molar-refractivity contribution is 7.92. The largest absolute Gasteiger partial charge is 0.495 e. The van der Waals surface area contributed by atoms with Crippen LogP contribution in [-0.4, -0.2) is 41.9 Å². The van der Waals surface area contributed by atoms with Crippen LogP contribution in [0.4, 0.5) is 5.69 Å². The molecule has 0 amide bonds. The third kappa shape index (κ3) is 3.61. The van der Waals surface area contributed by atoms with Crippen molar-refractivity contribution in [2.75, 3.05) is 37.8 Å². The van der Waals surface area contributed by atoms with Crippen molar-refractivity contribution in [3.63, 3.8) is 0 Å². The Kier molecular flexibility index (Phi) is 4.98. The van der Waals surface area contributed by atoms with E-state index in [9.17, 15) is 8.42 Å². The minimum absolute atomic E-state index is 0.370. The number of nitrogens with one attached hydrogen (secondary N) is 1. The van der Waals surface area contributed by atoms with Gasteiger partial charge in [-0.1, -0.05) is 6.07 Å².